The average molecular weight is 292 g/mol. The summed E-state index contributed by atoms with van der Waals surface area (Å²) in [5.74, 6) is -1.31. The molecule has 1 rings (SSSR count). The van der Waals surface area contributed by atoms with Gasteiger partial charge in [0.2, 0.25) is 0 Å². The van der Waals surface area contributed by atoms with Gasteiger partial charge in [-0.3, -0.25) is 0 Å². The molecule has 4 nitrogen and oxygen atoms in total. The minimum absolute atomic E-state index is 0.0110. The van der Waals surface area contributed by atoms with E-state index in [0.717, 1.165) is 32.1 Å². The van der Waals surface area contributed by atoms with Gasteiger partial charge in [-0.05, 0) is 30.9 Å². The number of carboxylic acids is 1. The lowest BCUT2D eigenvalue weighted by molar-refractivity contribution is 0.0416. The van der Waals surface area contributed by atoms with E-state index in [4.69, 9.17) is 9.84 Å². The highest BCUT2D eigenvalue weighted by Crippen LogP contribution is 2.17. The standard InChI is InChI=1S/C17H24O4/c1-3-5-9-13(8-4-2)12-21-17(20)15-11-7-6-10-14(15)16(18)19/h6-7,10-11,13H,3-5,8-9,12H2,1-2H3,(H,18,19). The van der Waals surface area contributed by atoms with Gasteiger partial charge in [0, 0.05) is 0 Å². The Morgan fingerprint density at radius 1 is 1.10 bits per heavy atom. The second-order valence-corrected chi connectivity index (χ2v) is 5.25. The summed E-state index contributed by atoms with van der Waals surface area (Å²) < 4.78 is 5.33. The summed E-state index contributed by atoms with van der Waals surface area (Å²) in [7, 11) is 0. The van der Waals surface area contributed by atoms with E-state index in [1.165, 1.54) is 12.1 Å². The Morgan fingerprint density at radius 3 is 2.33 bits per heavy atom. The Bertz CT molecular complexity index is 468. The van der Waals surface area contributed by atoms with E-state index >= 15 is 0 Å². The van der Waals surface area contributed by atoms with Crippen molar-refractivity contribution in [3.05, 3.63) is 35.4 Å². The summed E-state index contributed by atoms with van der Waals surface area (Å²) in [6.07, 6.45) is 5.35. The van der Waals surface area contributed by atoms with Gasteiger partial charge in [-0.25, -0.2) is 9.59 Å². The first-order valence-corrected chi connectivity index (χ1v) is 7.59. The van der Waals surface area contributed by atoms with Gasteiger partial charge in [0.05, 0.1) is 17.7 Å². The molecule has 0 heterocycles. The highest BCUT2D eigenvalue weighted by Gasteiger charge is 2.18. The summed E-state index contributed by atoms with van der Waals surface area (Å²) in [5, 5.41) is 9.08. The fourth-order valence-electron chi connectivity index (χ4n) is 2.33. The Balaban J connectivity index is 2.65. The van der Waals surface area contributed by atoms with Crippen LogP contribution >= 0.6 is 0 Å². The van der Waals surface area contributed by atoms with E-state index in [9.17, 15) is 9.59 Å². The molecule has 1 unspecified atom stereocenters. The lowest BCUT2D eigenvalue weighted by Crippen LogP contribution is -2.17. The molecular weight excluding hydrogens is 268 g/mol. The summed E-state index contributed by atoms with van der Waals surface area (Å²) in [6.45, 7) is 4.61. The van der Waals surface area contributed by atoms with Gasteiger partial charge < -0.3 is 9.84 Å². The Hall–Kier alpha value is -1.84. The highest BCUT2D eigenvalue weighted by atomic mass is 16.5. The van der Waals surface area contributed by atoms with E-state index in [0.29, 0.717) is 12.5 Å². The number of carboxylic acid groups (broad SMARTS) is 1. The van der Waals surface area contributed by atoms with Crippen molar-refractivity contribution >= 4 is 11.9 Å². The number of carbonyl (C=O) groups is 2. The quantitative estimate of drug-likeness (QED) is 0.694. The molecule has 1 aromatic carbocycles. The molecule has 0 aliphatic carbocycles. The topological polar surface area (TPSA) is 63.6 Å². The van der Waals surface area contributed by atoms with Crippen molar-refractivity contribution in [2.75, 3.05) is 6.61 Å². The van der Waals surface area contributed by atoms with E-state index < -0.39 is 11.9 Å². The van der Waals surface area contributed by atoms with Gasteiger partial charge in [0.25, 0.3) is 0 Å². The van der Waals surface area contributed by atoms with Crippen LogP contribution in [0.4, 0.5) is 0 Å². The van der Waals surface area contributed by atoms with Crippen LogP contribution in [0, 0.1) is 5.92 Å². The normalized spacial score (nSPS) is 11.9. The molecule has 0 aliphatic rings. The van der Waals surface area contributed by atoms with Crippen molar-refractivity contribution in [1.29, 1.82) is 0 Å². The van der Waals surface area contributed by atoms with Gasteiger partial charge in [-0.2, -0.15) is 0 Å². The SMILES string of the molecule is CCCCC(CCC)COC(=O)c1ccccc1C(=O)O. The average Bonchev–Trinajstić information content (AvgIpc) is 2.49. The molecule has 0 spiro atoms. The second-order valence-electron chi connectivity index (χ2n) is 5.25. The lowest BCUT2D eigenvalue weighted by atomic mass is 9.98. The molecule has 1 atom stereocenters. The number of hydrogen-bond acceptors (Lipinski definition) is 3. The molecule has 0 saturated heterocycles. The minimum Gasteiger partial charge on any atom is -0.478 e. The van der Waals surface area contributed by atoms with Gasteiger partial charge in [-0.15, -0.1) is 0 Å². The molecule has 0 radical (unpaired) electrons. The molecule has 21 heavy (non-hydrogen) atoms. The van der Waals surface area contributed by atoms with Crippen molar-refractivity contribution in [2.24, 2.45) is 5.92 Å². The smallest absolute Gasteiger partial charge is 0.339 e. The Kier molecular flexibility index (Phi) is 7.51. The van der Waals surface area contributed by atoms with Gasteiger partial charge in [0.15, 0.2) is 0 Å². The van der Waals surface area contributed by atoms with Gasteiger partial charge in [0.1, 0.15) is 0 Å². The monoisotopic (exact) mass is 292 g/mol. The third-order valence-corrected chi connectivity index (χ3v) is 3.49. The Morgan fingerprint density at radius 2 is 1.76 bits per heavy atom. The number of esters is 1. The summed E-state index contributed by atoms with van der Waals surface area (Å²) in [4.78, 5) is 23.2. The molecule has 1 aromatic rings. The minimum atomic E-state index is -1.11. The van der Waals surface area contributed by atoms with Crippen molar-refractivity contribution in [2.45, 2.75) is 46.0 Å². The number of unbranched alkanes of at least 4 members (excludes halogenated alkanes) is 1. The van der Waals surface area contributed by atoms with Crippen LogP contribution in [0.2, 0.25) is 0 Å². The van der Waals surface area contributed by atoms with Crippen LogP contribution in [0.3, 0.4) is 0 Å². The fraction of sp³-hybridized carbons (Fsp3) is 0.529. The van der Waals surface area contributed by atoms with Crippen molar-refractivity contribution in [3.8, 4) is 0 Å². The number of aromatic carboxylic acids is 1. The zero-order valence-corrected chi connectivity index (χ0v) is 12.8. The van der Waals surface area contributed by atoms with Crippen molar-refractivity contribution < 1.29 is 19.4 Å². The number of carbonyl (C=O) groups excluding carboxylic acids is 1. The molecular formula is C17H24O4. The summed E-state index contributed by atoms with van der Waals surface area (Å²) >= 11 is 0. The van der Waals surface area contributed by atoms with Crippen LogP contribution in [0.5, 0.6) is 0 Å². The second kappa shape index (κ2) is 9.16. The maximum absolute atomic E-state index is 12.1. The molecule has 4 heteroatoms. The van der Waals surface area contributed by atoms with Crippen LogP contribution in [-0.4, -0.2) is 23.7 Å². The first-order chi connectivity index (χ1) is 10.1. The zero-order valence-electron chi connectivity index (χ0n) is 12.8. The predicted octanol–water partition coefficient (Wildman–Crippen LogP) is 4.15. The van der Waals surface area contributed by atoms with E-state index in [2.05, 4.69) is 13.8 Å². The molecule has 0 fully saturated rings. The number of benzene rings is 1. The molecule has 0 bridgehead atoms. The van der Waals surface area contributed by atoms with Crippen LogP contribution < -0.4 is 0 Å². The molecule has 0 saturated carbocycles. The Labute approximate surface area is 126 Å². The fourth-order valence-corrected chi connectivity index (χ4v) is 2.33. The van der Waals surface area contributed by atoms with Crippen LogP contribution in [0.15, 0.2) is 24.3 Å². The molecule has 116 valence electrons. The van der Waals surface area contributed by atoms with E-state index in [1.54, 1.807) is 12.1 Å². The van der Waals surface area contributed by atoms with E-state index in [-0.39, 0.29) is 11.1 Å². The van der Waals surface area contributed by atoms with Crippen LogP contribution in [0.25, 0.3) is 0 Å². The van der Waals surface area contributed by atoms with Crippen LogP contribution in [0.1, 0.15) is 66.7 Å². The first kappa shape index (κ1) is 17.2. The molecule has 0 amide bonds. The molecule has 0 aliphatic heterocycles. The first-order valence-electron chi connectivity index (χ1n) is 7.59. The predicted molar refractivity (Wildman–Crippen MR) is 81.6 cm³/mol. The highest BCUT2D eigenvalue weighted by molar-refractivity contribution is 6.02. The van der Waals surface area contributed by atoms with Crippen molar-refractivity contribution in [3.63, 3.8) is 0 Å². The van der Waals surface area contributed by atoms with Crippen molar-refractivity contribution in [1.82, 2.24) is 0 Å². The molecule has 0 aromatic heterocycles. The maximum atomic E-state index is 12.1. The maximum Gasteiger partial charge on any atom is 0.339 e. The lowest BCUT2D eigenvalue weighted by Gasteiger charge is -2.16. The molecule has 1 N–H and O–H groups in total. The summed E-state index contributed by atoms with van der Waals surface area (Å²) in [5.41, 5.74) is 0.110. The number of ether oxygens (including phenoxy) is 1. The largest absolute Gasteiger partial charge is 0.478 e. The van der Waals surface area contributed by atoms with Crippen LogP contribution in [-0.2, 0) is 4.74 Å². The van der Waals surface area contributed by atoms with E-state index in [1.807, 2.05) is 0 Å². The van der Waals surface area contributed by atoms with Gasteiger partial charge in [-0.1, -0.05) is 45.2 Å². The summed E-state index contributed by atoms with van der Waals surface area (Å²) in [6, 6.07) is 6.15. The number of rotatable bonds is 9. The third kappa shape index (κ3) is 5.58. The number of hydrogen-bond donors (Lipinski definition) is 1. The zero-order chi connectivity index (χ0) is 15.7. The third-order valence-electron chi connectivity index (χ3n) is 3.49. The van der Waals surface area contributed by atoms with Gasteiger partial charge >= 0.3 is 11.9 Å².